The lowest BCUT2D eigenvalue weighted by Crippen LogP contribution is -1.95. The zero-order valence-corrected chi connectivity index (χ0v) is 6.78. The average molecular weight is 181 g/mol. The standard InChI is InChI=1S/C7H5ClN4/c8-6-5(2-1-3-9)7(10)12-4-11-6/h1-2,4H,(H2,10,11,12). The molecule has 0 spiro atoms. The van der Waals surface area contributed by atoms with Crippen molar-refractivity contribution in [1.82, 2.24) is 9.97 Å². The first-order chi connectivity index (χ1) is 5.75. The molecule has 1 aromatic rings. The summed E-state index contributed by atoms with van der Waals surface area (Å²) >= 11 is 5.67. The SMILES string of the molecule is N#CC=Cc1c(N)ncnc1Cl. The van der Waals surface area contributed by atoms with Crippen LogP contribution in [0.5, 0.6) is 0 Å². The summed E-state index contributed by atoms with van der Waals surface area (Å²) in [7, 11) is 0. The molecular formula is C7H5ClN4. The fourth-order valence-corrected chi connectivity index (χ4v) is 0.865. The van der Waals surface area contributed by atoms with E-state index in [-0.39, 0.29) is 11.0 Å². The Labute approximate surface area is 74.3 Å². The number of nitriles is 1. The van der Waals surface area contributed by atoms with Crippen LogP contribution in [-0.2, 0) is 0 Å². The fourth-order valence-electron chi connectivity index (χ4n) is 0.661. The molecule has 60 valence electrons. The highest BCUT2D eigenvalue weighted by Gasteiger charge is 2.01. The van der Waals surface area contributed by atoms with Gasteiger partial charge in [0.1, 0.15) is 17.3 Å². The van der Waals surface area contributed by atoms with E-state index in [1.54, 1.807) is 0 Å². The number of hydrogen-bond donors (Lipinski definition) is 1. The van der Waals surface area contributed by atoms with Crippen LogP contribution in [-0.4, -0.2) is 9.97 Å². The number of halogens is 1. The van der Waals surface area contributed by atoms with E-state index in [9.17, 15) is 0 Å². The number of nitrogen functional groups attached to an aromatic ring is 1. The molecule has 1 heterocycles. The molecule has 0 aliphatic rings. The molecule has 0 aliphatic carbocycles. The van der Waals surface area contributed by atoms with E-state index in [2.05, 4.69) is 9.97 Å². The summed E-state index contributed by atoms with van der Waals surface area (Å²) in [5.74, 6) is 0.265. The Bertz CT molecular complexity index is 333. The molecule has 0 saturated heterocycles. The molecule has 1 aromatic heterocycles. The molecule has 0 bridgehead atoms. The lowest BCUT2D eigenvalue weighted by atomic mass is 10.3. The highest BCUT2D eigenvalue weighted by Crippen LogP contribution is 2.18. The number of rotatable bonds is 1. The van der Waals surface area contributed by atoms with Crippen LogP contribution in [0.3, 0.4) is 0 Å². The first kappa shape index (κ1) is 8.50. The maximum atomic E-state index is 8.25. The van der Waals surface area contributed by atoms with E-state index in [1.807, 2.05) is 6.07 Å². The summed E-state index contributed by atoms with van der Waals surface area (Å²) in [6.45, 7) is 0. The zero-order valence-electron chi connectivity index (χ0n) is 6.03. The van der Waals surface area contributed by atoms with Gasteiger partial charge in [0.2, 0.25) is 0 Å². The quantitative estimate of drug-likeness (QED) is 0.521. The van der Waals surface area contributed by atoms with E-state index in [0.29, 0.717) is 5.56 Å². The van der Waals surface area contributed by atoms with Gasteiger partial charge in [-0.15, -0.1) is 0 Å². The zero-order chi connectivity index (χ0) is 8.97. The van der Waals surface area contributed by atoms with E-state index < -0.39 is 0 Å². The van der Waals surface area contributed by atoms with E-state index in [0.717, 1.165) is 0 Å². The van der Waals surface area contributed by atoms with Gasteiger partial charge in [0.15, 0.2) is 0 Å². The normalized spacial score (nSPS) is 10.0. The number of aromatic nitrogens is 2. The van der Waals surface area contributed by atoms with Gasteiger partial charge in [-0.2, -0.15) is 5.26 Å². The van der Waals surface area contributed by atoms with Gasteiger partial charge in [0.05, 0.1) is 11.6 Å². The van der Waals surface area contributed by atoms with Crippen molar-refractivity contribution in [3.05, 3.63) is 23.1 Å². The molecule has 4 nitrogen and oxygen atoms in total. The van der Waals surface area contributed by atoms with Crippen LogP contribution in [0.4, 0.5) is 5.82 Å². The first-order valence-corrected chi connectivity index (χ1v) is 3.45. The van der Waals surface area contributed by atoms with Crippen LogP contribution < -0.4 is 5.73 Å². The minimum Gasteiger partial charge on any atom is -0.383 e. The van der Waals surface area contributed by atoms with Crippen LogP contribution in [0.2, 0.25) is 5.15 Å². The van der Waals surface area contributed by atoms with Crippen molar-refractivity contribution in [2.45, 2.75) is 0 Å². The highest BCUT2D eigenvalue weighted by atomic mass is 35.5. The number of allylic oxidation sites excluding steroid dienone is 1. The average Bonchev–Trinajstić information content (AvgIpc) is 2.04. The van der Waals surface area contributed by atoms with Gasteiger partial charge in [-0.1, -0.05) is 11.6 Å². The highest BCUT2D eigenvalue weighted by molar-refractivity contribution is 6.31. The van der Waals surface area contributed by atoms with Crippen LogP contribution >= 0.6 is 11.6 Å². The maximum absolute atomic E-state index is 8.25. The van der Waals surface area contributed by atoms with E-state index in [1.165, 1.54) is 18.5 Å². The molecule has 1 rings (SSSR count). The predicted octanol–water partition coefficient (Wildman–Crippen LogP) is 1.25. The minimum atomic E-state index is 0.244. The maximum Gasteiger partial charge on any atom is 0.141 e. The van der Waals surface area contributed by atoms with Gasteiger partial charge in [0, 0.05) is 6.08 Å². The van der Waals surface area contributed by atoms with Crippen molar-refractivity contribution in [2.24, 2.45) is 0 Å². The summed E-state index contributed by atoms with van der Waals surface area (Å²) in [6.07, 6.45) is 4.00. The monoisotopic (exact) mass is 180 g/mol. The molecule has 0 unspecified atom stereocenters. The first-order valence-electron chi connectivity index (χ1n) is 3.08. The molecule has 0 radical (unpaired) electrons. The van der Waals surface area contributed by atoms with Gasteiger partial charge in [-0.3, -0.25) is 0 Å². The molecule has 0 fully saturated rings. The second-order valence-electron chi connectivity index (χ2n) is 1.93. The summed E-state index contributed by atoms with van der Waals surface area (Å²) < 4.78 is 0. The number of anilines is 1. The van der Waals surface area contributed by atoms with Crippen molar-refractivity contribution < 1.29 is 0 Å². The molecular weight excluding hydrogens is 176 g/mol. The number of hydrogen-bond acceptors (Lipinski definition) is 4. The van der Waals surface area contributed by atoms with Gasteiger partial charge < -0.3 is 5.73 Å². The third kappa shape index (κ3) is 1.71. The Hall–Kier alpha value is -1.60. The van der Waals surface area contributed by atoms with Crippen molar-refractivity contribution in [2.75, 3.05) is 5.73 Å². The number of nitrogens with zero attached hydrogens (tertiary/aromatic N) is 3. The summed E-state index contributed by atoms with van der Waals surface area (Å²) in [5, 5.41) is 8.49. The van der Waals surface area contributed by atoms with Crippen molar-refractivity contribution >= 4 is 23.5 Å². The number of nitrogens with two attached hydrogens (primary N) is 1. The Balaban J connectivity index is 3.15. The van der Waals surface area contributed by atoms with Gasteiger partial charge in [-0.05, 0) is 6.08 Å². The molecule has 0 saturated carbocycles. The van der Waals surface area contributed by atoms with Crippen LogP contribution in [0.15, 0.2) is 12.4 Å². The fraction of sp³-hybridized carbons (Fsp3) is 0. The summed E-state index contributed by atoms with van der Waals surface area (Å²) in [5.41, 5.74) is 5.94. The Kier molecular flexibility index (Phi) is 2.62. The van der Waals surface area contributed by atoms with E-state index >= 15 is 0 Å². The predicted molar refractivity (Wildman–Crippen MR) is 46.1 cm³/mol. The molecule has 0 aliphatic heterocycles. The lowest BCUT2D eigenvalue weighted by molar-refractivity contribution is 1.17. The van der Waals surface area contributed by atoms with Crippen LogP contribution in [0.25, 0.3) is 6.08 Å². The Morgan fingerprint density at radius 1 is 1.58 bits per heavy atom. The largest absolute Gasteiger partial charge is 0.383 e. The Morgan fingerprint density at radius 2 is 2.33 bits per heavy atom. The smallest absolute Gasteiger partial charge is 0.141 e. The van der Waals surface area contributed by atoms with E-state index in [4.69, 9.17) is 22.6 Å². The van der Waals surface area contributed by atoms with Crippen LogP contribution in [0.1, 0.15) is 5.56 Å². The third-order valence-corrected chi connectivity index (χ3v) is 1.49. The van der Waals surface area contributed by atoms with Gasteiger partial charge >= 0.3 is 0 Å². The van der Waals surface area contributed by atoms with Gasteiger partial charge in [0.25, 0.3) is 0 Å². The molecule has 5 heteroatoms. The second kappa shape index (κ2) is 3.69. The third-order valence-electron chi connectivity index (χ3n) is 1.19. The topological polar surface area (TPSA) is 75.6 Å². The summed E-state index contributed by atoms with van der Waals surface area (Å²) in [4.78, 5) is 7.42. The summed E-state index contributed by atoms with van der Waals surface area (Å²) in [6, 6.07) is 1.82. The Morgan fingerprint density at radius 3 is 2.92 bits per heavy atom. The van der Waals surface area contributed by atoms with Crippen molar-refractivity contribution in [1.29, 1.82) is 5.26 Å². The van der Waals surface area contributed by atoms with Crippen LogP contribution in [0, 0.1) is 11.3 Å². The molecule has 2 N–H and O–H groups in total. The molecule has 12 heavy (non-hydrogen) atoms. The van der Waals surface area contributed by atoms with Crippen molar-refractivity contribution in [3.63, 3.8) is 0 Å². The minimum absolute atomic E-state index is 0.244. The lowest BCUT2D eigenvalue weighted by Gasteiger charge is -1.98. The molecule has 0 atom stereocenters. The van der Waals surface area contributed by atoms with Gasteiger partial charge in [-0.25, -0.2) is 9.97 Å². The molecule has 0 aromatic carbocycles. The second-order valence-corrected chi connectivity index (χ2v) is 2.28. The molecule has 0 amide bonds. The van der Waals surface area contributed by atoms with Crippen molar-refractivity contribution in [3.8, 4) is 6.07 Å².